The molecule has 3 rings (SSSR count). The third-order valence-electron chi connectivity index (χ3n) is 4.45. The van der Waals surface area contributed by atoms with Crippen molar-refractivity contribution in [1.29, 1.82) is 0 Å². The van der Waals surface area contributed by atoms with E-state index >= 15 is 0 Å². The van der Waals surface area contributed by atoms with Crippen LogP contribution in [0.1, 0.15) is 37.3 Å². The van der Waals surface area contributed by atoms with Crippen LogP contribution in [0, 0.1) is 0 Å². The van der Waals surface area contributed by atoms with Crippen molar-refractivity contribution in [2.24, 2.45) is 0 Å². The lowest BCUT2D eigenvalue weighted by atomic mass is 9.92. The number of halogens is 2. The first-order chi connectivity index (χ1) is 12.1. The number of aryl methyl sites for hydroxylation is 2. The molecule has 1 amide bonds. The van der Waals surface area contributed by atoms with Crippen LogP contribution in [-0.2, 0) is 17.6 Å². The Hall–Kier alpha value is -1.71. The number of amides is 1. The van der Waals surface area contributed by atoms with E-state index in [1.165, 1.54) is 24.0 Å². The number of hydrogen-bond acceptors (Lipinski definition) is 2. The number of carbonyl (C=O) groups is 1. The Labute approximate surface area is 158 Å². The summed E-state index contributed by atoms with van der Waals surface area (Å²) in [6.07, 6.45) is 4.63. The number of anilines is 1. The fourth-order valence-corrected chi connectivity index (χ4v) is 3.41. The minimum atomic E-state index is -0.586. The van der Waals surface area contributed by atoms with Crippen LogP contribution in [-0.4, -0.2) is 12.0 Å². The Morgan fingerprint density at radius 1 is 1.12 bits per heavy atom. The van der Waals surface area contributed by atoms with Crippen molar-refractivity contribution in [2.45, 2.75) is 45.1 Å². The Balaban J connectivity index is 1.71. The Morgan fingerprint density at radius 2 is 1.88 bits per heavy atom. The molecule has 3 nitrogen and oxygen atoms in total. The fraction of sp³-hybridized carbons (Fsp3) is 0.350. The molecule has 1 aliphatic rings. The summed E-state index contributed by atoms with van der Waals surface area (Å²) in [7, 11) is 0. The van der Waals surface area contributed by atoms with Crippen LogP contribution in [0.25, 0.3) is 0 Å². The van der Waals surface area contributed by atoms with E-state index < -0.39 is 6.10 Å². The van der Waals surface area contributed by atoms with Gasteiger partial charge in [-0.15, -0.1) is 0 Å². The van der Waals surface area contributed by atoms with Crippen LogP contribution in [0.3, 0.4) is 0 Å². The monoisotopic (exact) mass is 377 g/mol. The summed E-state index contributed by atoms with van der Waals surface area (Å²) >= 11 is 12.1. The van der Waals surface area contributed by atoms with Gasteiger partial charge >= 0.3 is 0 Å². The minimum Gasteiger partial charge on any atom is -0.481 e. The molecule has 0 radical (unpaired) electrons. The molecule has 2 aromatic rings. The molecule has 0 bridgehead atoms. The summed E-state index contributed by atoms with van der Waals surface area (Å²) in [5.74, 6) is 0.504. The van der Waals surface area contributed by atoms with E-state index in [9.17, 15) is 4.79 Å². The maximum absolute atomic E-state index is 12.6. The fourth-order valence-electron chi connectivity index (χ4n) is 3.08. The summed E-state index contributed by atoms with van der Waals surface area (Å²) in [6, 6.07) is 11.1. The highest BCUT2D eigenvalue weighted by Crippen LogP contribution is 2.28. The molecule has 132 valence electrons. The number of rotatable bonds is 5. The van der Waals surface area contributed by atoms with Gasteiger partial charge in [0.25, 0.3) is 5.91 Å². The van der Waals surface area contributed by atoms with Gasteiger partial charge in [0.1, 0.15) is 5.75 Å². The smallest absolute Gasteiger partial charge is 0.265 e. The highest BCUT2D eigenvalue weighted by Gasteiger charge is 2.20. The van der Waals surface area contributed by atoms with Crippen LogP contribution < -0.4 is 10.1 Å². The molecule has 0 saturated heterocycles. The van der Waals surface area contributed by atoms with Gasteiger partial charge < -0.3 is 10.1 Å². The second-order valence-electron chi connectivity index (χ2n) is 6.27. The maximum Gasteiger partial charge on any atom is 0.265 e. The largest absolute Gasteiger partial charge is 0.481 e. The molecule has 0 aromatic heterocycles. The van der Waals surface area contributed by atoms with Crippen molar-refractivity contribution >= 4 is 34.8 Å². The number of nitrogens with one attached hydrogen (secondary N) is 1. The summed E-state index contributed by atoms with van der Waals surface area (Å²) in [6.45, 7) is 1.92. The third kappa shape index (κ3) is 4.47. The number of ether oxygens (including phenoxy) is 1. The van der Waals surface area contributed by atoms with Gasteiger partial charge in [0.2, 0.25) is 0 Å². The molecule has 0 saturated carbocycles. The van der Waals surface area contributed by atoms with Gasteiger partial charge in [0.15, 0.2) is 6.10 Å². The Morgan fingerprint density at radius 3 is 2.64 bits per heavy atom. The molecule has 0 spiro atoms. The first-order valence-electron chi connectivity index (χ1n) is 8.61. The highest BCUT2D eigenvalue weighted by molar-refractivity contribution is 6.35. The second kappa shape index (κ2) is 8.11. The SMILES string of the molecule is CC[C@H](Oc1ccc2c(c1)CCCC2)C(=O)Nc1cc(Cl)ccc1Cl. The van der Waals surface area contributed by atoms with E-state index in [-0.39, 0.29) is 5.91 Å². The predicted molar refractivity (Wildman–Crippen MR) is 103 cm³/mol. The van der Waals surface area contributed by atoms with Crippen molar-refractivity contribution in [1.82, 2.24) is 0 Å². The zero-order valence-electron chi connectivity index (χ0n) is 14.1. The molecule has 1 atom stereocenters. The summed E-state index contributed by atoms with van der Waals surface area (Å²) < 4.78 is 5.95. The first-order valence-corrected chi connectivity index (χ1v) is 9.37. The number of fused-ring (bicyclic) bond motifs is 1. The number of benzene rings is 2. The zero-order chi connectivity index (χ0) is 17.8. The average Bonchev–Trinajstić information content (AvgIpc) is 2.62. The van der Waals surface area contributed by atoms with Gasteiger partial charge in [-0.05, 0) is 73.6 Å². The number of carbonyl (C=O) groups excluding carboxylic acids is 1. The van der Waals surface area contributed by atoms with E-state index in [1.807, 2.05) is 13.0 Å². The predicted octanol–water partition coefficient (Wildman–Crippen LogP) is 5.67. The van der Waals surface area contributed by atoms with E-state index in [0.717, 1.165) is 18.6 Å². The van der Waals surface area contributed by atoms with E-state index in [1.54, 1.807) is 18.2 Å². The van der Waals surface area contributed by atoms with Crippen LogP contribution in [0.2, 0.25) is 10.0 Å². The van der Waals surface area contributed by atoms with Gasteiger partial charge in [-0.1, -0.05) is 36.2 Å². The van der Waals surface area contributed by atoms with Crippen molar-refractivity contribution in [2.75, 3.05) is 5.32 Å². The van der Waals surface area contributed by atoms with E-state index in [4.69, 9.17) is 27.9 Å². The molecule has 0 heterocycles. The van der Waals surface area contributed by atoms with Gasteiger partial charge in [0.05, 0.1) is 10.7 Å². The molecular weight excluding hydrogens is 357 g/mol. The van der Waals surface area contributed by atoms with Gasteiger partial charge in [-0.25, -0.2) is 0 Å². The molecule has 0 fully saturated rings. The zero-order valence-corrected chi connectivity index (χ0v) is 15.7. The van der Waals surface area contributed by atoms with Crippen molar-refractivity contribution < 1.29 is 9.53 Å². The molecule has 0 unspecified atom stereocenters. The molecule has 5 heteroatoms. The Bertz CT molecular complexity index is 776. The van der Waals surface area contributed by atoms with Gasteiger partial charge in [0, 0.05) is 5.02 Å². The summed E-state index contributed by atoms with van der Waals surface area (Å²) in [5, 5.41) is 3.77. The average molecular weight is 378 g/mol. The quantitative estimate of drug-likeness (QED) is 0.728. The summed E-state index contributed by atoms with van der Waals surface area (Å²) in [5.41, 5.74) is 3.21. The molecule has 1 aliphatic carbocycles. The van der Waals surface area contributed by atoms with E-state index in [2.05, 4.69) is 17.4 Å². The Kier molecular flexibility index (Phi) is 5.87. The van der Waals surface area contributed by atoms with Crippen LogP contribution in [0.15, 0.2) is 36.4 Å². The number of hydrogen-bond donors (Lipinski definition) is 1. The van der Waals surface area contributed by atoms with Crippen molar-refractivity contribution in [3.05, 3.63) is 57.6 Å². The van der Waals surface area contributed by atoms with E-state index in [0.29, 0.717) is 22.2 Å². The lowest BCUT2D eigenvalue weighted by molar-refractivity contribution is -0.122. The van der Waals surface area contributed by atoms with Crippen LogP contribution >= 0.6 is 23.2 Å². The normalized spacial score (nSPS) is 14.5. The molecule has 0 aliphatic heterocycles. The molecule has 2 aromatic carbocycles. The van der Waals surface area contributed by atoms with Crippen LogP contribution in [0.5, 0.6) is 5.75 Å². The third-order valence-corrected chi connectivity index (χ3v) is 5.01. The van der Waals surface area contributed by atoms with Crippen molar-refractivity contribution in [3.63, 3.8) is 0 Å². The minimum absolute atomic E-state index is 0.232. The highest BCUT2D eigenvalue weighted by atomic mass is 35.5. The van der Waals surface area contributed by atoms with Gasteiger partial charge in [-0.2, -0.15) is 0 Å². The van der Waals surface area contributed by atoms with Crippen molar-refractivity contribution in [3.8, 4) is 5.75 Å². The molecule has 1 N–H and O–H groups in total. The second-order valence-corrected chi connectivity index (χ2v) is 7.11. The lowest BCUT2D eigenvalue weighted by Crippen LogP contribution is -2.32. The van der Waals surface area contributed by atoms with Crippen LogP contribution in [0.4, 0.5) is 5.69 Å². The summed E-state index contributed by atoms with van der Waals surface area (Å²) in [4.78, 5) is 12.6. The van der Waals surface area contributed by atoms with Gasteiger partial charge in [-0.3, -0.25) is 4.79 Å². The lowest BCUT2D eigenvalue weighted by Gasteiger charge is -2.20. The topological polar surface area (TPSA) is 38.3 Å². The first kappa shape index (κ1) is 18.1. The standard InChI is InChI=1S/C20H21Cl2NO2/c1-2-19(20(24)23-18-12-15(21)8-10-17(18)22)25-16-9-7-13-5-3-4-6-14(13)11-16/h7-12,19H,2-6H2,1H3,(H,23,24)/t19-/m0/s1. The molecular formula is C20H21Cl2NO2. The maximum atomic E-state index is 12.6. The molecule has 25 heavy (non-hydrogen) atoms.